The average Bonchev–Trinajstić information content (AvgIpc) is 2.74. The molecular weight excluding hydrogens is 392 g/mol. The van der Waals surface area contributed by atoms with Gasteiger partial charge in [-0.05, 0) is 64.9 Å². The van der Waals surface area contributed by atoms with Crippen LogP contribution >= 0.6 is 23.5 Å². The van der Waals surface area contributed by atoms with E-state index in [0.29, 0.717) is 10.6 Å². The average molecular weight is 412 g/mol. The fraction of sp³-hybridized carbons (Fsp3) is 0.182. The van der Waals surface area contributed by atoms with Crippen molar-refractivity contribution >= 4 is 29.2 Å². The van der Waals surface area contributed by atoms with E-state index in [1.54, 1.807) is 11.9 Å². The number of hydrogen-bond acceptors (Lipinski definition) is 4. The summed E-state index contributed by atoms with van der Waals surface area (Å²) in [6.07, 6.45) is 0.970. The number of nitrogens with zero attached hydrogens (tertiary/aromatic N) is 2. The largest absolute Gasteiger partial charge is 0.317 e. The molecule has 0 unspecified atom stereocenters. The summed E-state index contributed by atoms with van der Waals surface area (Å²) in [4.78, 5) is 18.2. The number of hydrogen-bond donors (Lipinski definition) is 0. The molecule has 0 aromatic heterocycles. The third-order valence-corrected chi connectivity index (χ3v) is 6.11. The van der Waals surface area contributed by atoms with E-state index in [1.165, 1.54) is 28.7 Å². The van der Waals surface area contributed by atoms with E-state index in [2.05, 4.69) is 28.6 Å². The Hall–Kier alpha value is -2.34. The minimum absolute atomic E-state index is 0.528. The second-order valence-electron chi connectivity index (χ2n) is 6.63. The summed E-state index contributed by atoms with van der Waals surface area (Å²) in [5.41, 5.74) is 5.32. The fourth-order valence-electron chi connectivity index (χ4n) is 3.31. The Morgan fingerprint density at radius 1 is 0.964 bits per heavy atom. The fourth-order valence-corrected chi connectivity index (χ4v) is 4.38. The lowest BCUT2D eigenvalue weighted by Gasteiger charge is -2.27. The highest BCUT2D eigenvalue weighted by atomic mass is 35.5. The molecule has 4 rings (SSSR count). The molecule has 1 aliphatic heterocycles. The summed E-state index contributed by atoms with van der Waals surface area (Å²) in [5.74, 6) is 0. The molecule has 0 amide bonds. The summed E-state index contributed by atoms with van der Waals surface area (Å²) in [7, 11) is 1.38. The van der Waals surface area contributed by atoms with Crippen LogP contribution in [0, 0.1) is 4.91 Å². The summed E-state index contributed by atoms with van der Waals surface area (Å²) in [6, 6.07) is 22.2. The predicted octanol–water partition coefficient (Wildman–Crippen LogP) is 6.04. The van der Waals surface area contributed by atoms with Crippen LogP contribution in [0.15, 0.2) is 71.6 Å². The van der Waals surface area contributed by atoms with Crippen LogP contribution in [0.4, 0.5) is 5.69 Å². The zero-order valence-electron chi connectivity index (χ0n) is 15.5. The lowest BCUT2D eigenvalue weighted by Crippen LogP contribution is -2.24. The lowest BCUT2D eigenvalue weighted by atomic mass is 10.0. The molecule has 3 aromatic carbocycles. The molecule has 0 atom stereocenters. The van der Waals surface area contributed by atoms with Gasteiger partial charge < -0.3 is 0 Å². The van der Waals surface area contributed by atoms with Crippen LogP contribution in [0.1, 0.15) is 11.1 Å². The molecule has 0 aliphatic carbocycles. The first-order chi connectivity index (χ1) is 13.6. The van der Waals surface area contributed by atoms with Crippen molar-refractivity contribution < 1.29 is 9.76 Å². The Balaban J connectivity index is 1.45. The summed E-state index contributed by atoms with van der Waals surface area (Å²) in [5, 5.41) is 0.745. The van der Waals surface area contributed by atoms with Gasteiger partial charge in [-0.3, -0.25) is 0 Å². The molecule has 28 heavy (non-hydrogen) atoms. The maximum absolute atomic E-state index is 11.7. The van der Waals surface area contributed by atoms with E-state index >= 15 is 0 Å². The van der Waals surface area contributed by atoms with E-state index < -0.39 is 0 Å². The van der Waals surface area contributed by atoms with Gasteiger partial charge in [-0.1, -0.05) is 41.9 Å². The lowest BCUT2D eigenvalue weighted by molar-refractivity contribution is -0.736. The standard InChI is InChI=1S/C22H20ClN2O2S/c1-27-25(26)21-9-4-18-12-13-24(15-19(18)14-21)28-22-10-5-17(6-11-22)16-2-7-20(23)8-3-16/h2-11,14H,12-13,15H2,1H3/q+1. The van der Waals surface area contributed by atoms with Crippen molar-refractivity contribution in [1.82, 2.24) is 4.31 Å². The Morgan fingerprint density at radius 3 is 2.32 bits per heavy atom. The van der Waals surface area contributed by atoms with Crippen molar-refractivity contribution in [3.8, 4) is 11.1 Å². The van der Waals surface area contributed by atoms with E-state index in [4.69, 9.17) is 16.4 Å². The number of rotatable bonds is 5. The molecule has 0 bridgehead atoms. The minimum atomic E-state index is 0.528. The Labute approximate surface area is 173 Å². The van der Waals surface area contributed by atoms with Gasteiger partial charge in [0.25, 0.3) is 4.92 Å². The van der Waals surface area contributed by atoms with Crippen LogP contribution in [-0.4, -0.2) is 22.9 Å². The first-order valence-electron chi connectivity index (χ1n) is 9.04. The second kappa shape index (κ2) is 8.35. The molecular formula is C22H20ClN2O2S+. The SMILES string of the molecule is CO[N+](=O)c1ccc2c(c1)CN(Sc1ccc(-c3ccc(Cl)cc3)cc1)CC2. The Bertz CT molecular complexity index is 990. The second-order valence-corrected chi connectivity index (χ2v) is 8.24. The third-order valence-electron chi connectivity index (χ3n) is 4.81. The van der Waals surface area contributed by atoms with Gasteiger partial charge in [0.05, 0.1) is 4.91 Å². The number of halogens is 1. The van der Waals surface area contributed by atoms with Crippen molar-refractivity contribution in [3.05, 3.63) is 87.8 Å². The summed E-state index contributed by atoms with van der Waals surface area (Å²) >= 11 is 7.71. The molecule has 1 heterocycles. The zero-order valence-corrected chi connectivity index (χ0v) is 17.0. The van der Waals surface area contributed by atoms with Crippen LogP contribution in [-0.2, 0) is 17.8 Å². The molecule has 0 N–H and O–H groups in total. The van der Waals surface area contributed by atoms with Crippen LogP contribution in [0.2, 0.25) is 5.02 Å². The van der Waals surface area contributed by atoms with E-state index in [-0.39, 0.29) is 0 Å². The van der Waals surface area contributed by atoms with Crippen molar-refractivity contribution in [2.24, 2.45) is 0 Å². The monoisotopic (exact) mass is 411 g/mol. The van der Waals surface area contributed by atoms with Crippen molar-refractivity contribution in [3.63, 3.8) is 0 Å². The number of fused-ring (bicyclic) bond motifs is 1. The molecule has 0 saturated carbocycles. The topological polar surface area (TPSA) is 32.6 Å². The van der Waals surface area contributed by atoms with E-state index in [1.807, 2.05) is 42.5 Å². The van der Waals surface area contributed by atoms with Crippen LogP contribution in [0.5, 0.6) is 0 Å². The summed E-state index contributed by atoms with van der Waals surface area (Å²) < 4.78 is 2.32. The molecule has 142 valence electrons. The highest BCUT2D eigenvalue weighted by Gasteiger charge is 2.22. The van der Waals surface area contributed by atoms with Crippen LogP contribution in [0.25, 0.3) is 11.1 Å². The van der Waals surface area contributed by atoms with Gasteiger partial charge in [0.15, 0.2) is 7.11 Å². The highest BCUT2D eigenvalue weighted by Crippen LogP contribution is 2.32. The minimum Gasteiger partial charge on any atom is -0.242 e. The van der Waals surface area contributed by atoms with Crippen molar-refractivity contribution in [1.29, 1.82) is 0 Å². The van der Waals surface area contributed by atoms with Gasteiger partial charge >= 0.3 is 5.69 Å². The first-order valence-corrected chi connectivity index (χ1v) is 10.2. The van der Waals surface area contributed by atoms with Crippen LogP contribution < -0.4 is 0 Å². The number of benzene rings is 3. The predicted molar refractivity (Wildman–Crippen MR) is 114 cm³/mol. The quantitative estimate of drug-likeness (QED) is 0.378. The van der Waals surface area contributed by atoms with Crippen LogP contribution in [0.3, 0.4) is 0 Å². The molecule has 4 nitrogen and oxygen atoms in total. The maximum atomic E-state index is 11.7. The van der Waals surface area contributed by atoms with Gasteiger partial charge in [-0.15, -0.1) is 0 Å². The van der Waals surface area contributed by atoms with Gasteiger partial charge in [-0.25, -0.2) is 9.14 Å². The van der Waals surface area contributed by atoms with E-state index in [0.717, 1.165) is 30.1 Å². The van der Waals surface area contributed by atoms with Gasteiger partial charge in [0.2, 0.25) is 0 Å². The molecule has 0 saturated heterocycles. The molecule has 1 aliphatic rings. The van der Waals surface area contributed by atoms with E-state index in [9.17, 15) is 4.91 Å². The molecule has 0 spiro atoms. The Kier molecular flexibility index (Phi) is 5.67. The first kappa shape index (κ1) is 19.0. The Morgan fingerprint density at radius 2 is 1.64 bits per heavy atom. The third kappa shape index (κ3) is 4.22. The van der Waals surface area contributed by atoms with Crippen molar-refractivity contribution in [2.75, 3.05) is 13.7 Å². The normalized spacial score (nSPS) is 13.8. The van der Waals surface area contributed by atoms with Gasteiger partial charge in [0, 0.05) is 35.1 Å². The molecule has 0 radical (unpaired) electrons. The molecule has 0 fully saturated rings. The smallest absolute Gasteiger partial charge is 0.242 e. The van der Waals surface area contributed by atoms with Gasteiger partial charge in [0.1, 0.15) is 0 Å². The summed E-state index contributed by atoms with van der Waals surface area (Å²) in [6.45, 7) is 1.77. The molecule has 3 aromatic rings. The van der Waals surface area contributed by atoms with Crippen molar-refractivity contribution in [2.45, 2.75) is 17.9 Å². The van der Waals surface area contributed by atoms with Gasteiger partial charge in [-0.2, -0.15) is 0 Å². The molecule has 6 heteroatoms. The highest BCUT2D eigenvalue weighted by molar-refractivity contribution is 7.97. The zero-order chi connectivity index (χ0) is 19.5. The maximum Gasteiger partial charge on any atom is 0.317 e.